The number of hydrogen-bond donors (Lipinski definition) is 0. The van der Waals surface area contributed by atoms with Crippen LogP contribution < -0.4 is 9.64 Å². The molecular formula is C16H16N2O4. The van der Waals surface area contributed by atoms with E-state index in [4.69, 9.17) is 4.74 Å². The van der Waals surface area contributed by atoms with Crippen LogP contribution in [-0.4, -0.2) is 24.0 Å². The van der Waals surface area contributed by atoms with Crippen molar-refractivity contribution in [2.75, 3.05) is 18.1 Å². The van der Waals surface area contributed by atoms with Gasteiger partial charge in [0, 0.05) is 24.4 Å². The van der Waals surface area contributed by atoms with E-state index in [1.54, 1.807) is 4.90 Å². The third-order valence-electron chi connectivity index (χ3n) is 3.09. The van der Waals surface area contributed by atoms with Gasteiger partial charge in [0.25, 0.3) is 11.6 Å². The smallest absolute Gasteiger partial charge is 0.269 e. The van der Waals surface area contributed by atoms with E-state index < -0.39 is 4.92 Å². The summed E-state index contributed by atoms with van der Waals surface area (Å²) in [5, 5.41) is 10.6. The van der Waals surface area contributed by atoms with Gasteiger partial charge in [-0.25, -0.2) is 0 Å². The number of anilines is 1. The second-order valence-electron chi connectivity index (χ2n) is 4.51. The van der Waals surface area contributed by atoms with E-state index in [1.165, 1.54) is 24.3 Å². The molecule has 0 aliphatic rings. The number of nitro groups is 1. The molecule has 1 amide bonds. The zero-order valence-corrected chi connectivity index (χ0v) is 12.1. The molecule has 0 spiro atoms. The predicted octanol–water partition coefficient (Wildman–Crippen LogP) is 3.03. The molecule has 0 heterocycles. The maximum absolute atomic E-state index is 12.2. The average Bonchev–Trinajstić information content (AvgIpc) is 2.55. The van der Waals surface area contributed by atoms with Gasteiger partial charge in [-0.15, -0.1) is 0 Å². The number of likely N-dealkylation sites (N-methyl/N-ethyl adjacent to an activating group) is 1. The number of carbonyl (C=O) groups excluding carboxylic acids is 1. The van der Waals surface area contributed by atoms with Gasteiger partial charge in [0.1, 0.15) is 5.75 Å². The monoisotopic (exact) mass is 300 g/mol. The number of para-hydroxylation sites is 1. The van der Waals surface area contributed by atoms with E-state index >= 15 is 0 Å². The van der Waals surface area contributed by atoms with E-state index in [9.17, 15) is 14.9 Å². The number of ether oxygens (including phenoxy) is 1. The van der Waals surface area contributed by atoms with Gasteiger partial charge in [0.05, 0.1) is 4.92 Å². The van der Waals surface area contributed by atoms with Crippen molar-refractivity contribution in [3.63, 3.8) is 0 Å². The fourth-order valence-electron chi connectivity index (χ4n) is 2.00. The molecule has 0 aromatic heterocycles. The minimum absolute atomic E-state index is 0.0156. The van der Waals surface area contributed by atoms with E-state index in [-0.39, 0.29) is 18.2 Å². The van der Waals surface area contributed by atoms with Crippen molar-refractivity contribution >= 4 is 17.3 Å². The Morgan fingerprint density at radius 2 is 1.77 bits per heavy atom. The molecule has 2 aromatic carbocycles. The highest BCUT2D eigenvalue weighted by Gasteiger charge is 2.14. The van der Waals surface area contributed by atoms with Gasteiger partial charge < -0.3 is 9.64 Å². The van der Waals surface area contributed by atoms with Crippen LogP contribution >= 0.6 is 0 Å². The first-order valence-electron chi connectivity index (χ1n) is 6.84. The van der Waals surface area contributed by atoms with Crippen LogP contribution in [0.1, 0.15) is 6.92 Å². The lowest BCUT2D eigenvalue weighted by atomic mass is 10.3. The SMILES string of the molecule is CCN(C(=O)COc1ccc([N+](=O)[O-])cc1)c1ccccc1. The van der Waals surface area contributed by atoms with Crippen molar-refractivity contribution in [3.05, 3.63) is 64.7 Å². The fourth-order valence-corrected chi connectivity index (χ4v) is 2.00. The number of non-ortho nitro benzene ring substituents is 1. The van der Waals surface area contributed by atoms with Crippen LogP contribution in [0.2, 0.25) is 0 Å². The average molecular weight is 300 g/mol. The van der Waals surface area contributed by atoms with Crippen LogP contribution in [-0.2, 0) is 4.79 Å². The molecule has 0 saturated carbocycles. The largest absolute Gasteiger partial charge is 0.484 e. The van der Waals surface area contributed by atoms with E-state index in [1.807, 2.05) is 37.3 Å². The standard InChI is InChI=1S/C16H16N2O4/c1-2-17(13-6-4-3-5-7-13)16(19)12-22-15-10-8-14(9-11-15)18(20)21/h3-11H,2,12H2,1H3. The van der Waals surface area contributed by atoms with Gasteiger partial charge in [-0.3, -0.25) is 14.9 Å². The van der Waals surface area contributed by atoms with Crippen molar-refractivity contribution in [2.24, 2.45) is 0 Å². The number of amides is 1. The van der Waals surface area contributed by atoms with Crippen LogP contribution in [0.4, 0.5) is 11.4 Å². The molecule has 0 fully saturated rings. The highest BCUT2D eigenvalue weighted by molar-refractivity contribution is 5.94. The van der Waals surface area contributed by atoms with Crippen LogP contribution in [0.25, 0.3) is 0 Å². The molecule has 0 aliphatic heterocycles. The zero-order chi connectivity index (χ0) is 15.9. The maximum Gasteiger partial charge on any atom is 0.269 e. The molecule has 114 valence electrons. The quantitative estimate of drug-likeness (QED) is 0.607. The van der Waals surface area contributed by atoms with E-state index in [2.05, 4.69) is 0 Å². The zero-order valence-electron chi connectivity index (χ0n) is 12.1. The number of carbonyl (C=O) groups is 1. The predicted molar refractivity (Wildman–Crippen MR) is 83.1 cm³/mol. The Hall–Kier alpha value is -2.89. The van der Waals surface area contributed by atoms with Crippen LogP contribution in [0.15, 0.2) is 54.6 Å². The third-order valence-corrected chi connectivity index (χ3v) is 3.09. The molecule has 2 rings (SSSR count). The number of hydrogen-bond acceptors (Lipinski definition) is 4. The number of nitrogens with zero attached hydrogens (tertiary/aromatic N) is 2. The topological polar surface area (TPSA) is 72.7 Å². The summed E-state index contributed by atoms with van der Waals surface area (Å²) in [6, 6.07) is 15.0. The molecule has 2 aromatic rings. The second kappa shape index (κ2) is 7.21. The number of rotatable bonds is 6. The minimum atomic E-state index is -0.483. The van der Waals surface area contributed by atoms with Crippen molar-refractivity contribution in [1.82, 2.24) is 0 Å². The Balaban J connectivity index is 1.98. The summed E-state index contributed by atoms with van der Waals surface area (Å²) in [7, 11) is 0. The van der Waals surface area contributed by atoms with Crippen molar-refractivity contribution in [2.45, 2.75) is 6.92 Å². The molecule has 0 bridgehead atoms. The Kier molecular flexibility index (Phi) is 5.08. The second-order valence-corrected chi connectivity index (χ2v) is 4.51. The fraction of sp³-hybridized carbons (Fsp3) is 0.188. The summed E-state index contributed by atoms with van der Waals surface area (Å²) >= 11 is 0. The summed E-state index contributed by atoms with van der Waals surface area (Å²) in [4.78, 5) is 23.9. The molecule has 22 heavy (non-hydrogen) atoms. The molecule has 0 unspecified atom stereocenters. The Bertz CT molecular complexity index is 641. The number of nitro benzene ring substituents is 1. The van der Waals surface area contributed by atoms with Gasteiger partial charge in [0.2, 0.25) is 0 Å². The lowest BCUT2D eigenvalue weighted by molar-refractivity contribution is -0.384. The lowest BCUT2D eigenvalue weighted by Crippen LogP contribution is -2.34. The highest BCUT2D eigenvalue weighted by atomic mass is 16.6. The van der Waals surface area contributed by atoms with E-state index in [0.29, 0.717) is 12.3 Å². The third kappa shape index (κ3) is 3.82. The summed E-state index contributed by atoms with van der Waals surface area (Å²) in [6.45, 7) is 2.30. The minimum Gasteiger partial charge on any atom is -0.484 e. The molecule has 0 aliphatic carbocycles. The summed E-state index contributed by atoms with van der Waals surface area (Å²) < 4.78 is 5.39. The summed E-state index contributed by atoms with van der Waals surface area (Å²) in [5.41, 5.74) is 0.792. The van der Waals surface area contributed by atoms with Crippen LogP contribution in [0.5, 0.6) is 5.75 Å². The van der Waals surface area contributed by atoms with Gasteiger partial charge >= 0.3 is 0 Å². The molecule has 0 radical (unpaired) electrons. The molecular weight excluding hydrogens is 284 g/mol. The van der Waals surface area contributed by atoms with Gasteiger partial charge in [-0.05, 0) is 31.2 Å². The molecule has 0 saturated heterocycles. The van der Waals surface area contributed by atoms with Gasteiger partial charge in [-0.1, -0.05) is 18.2 Å². The Morgan fingerprint density at radius 3 is 2.32 bits per heavy atom. The molecule has 6 nitrogen and oxygen atoms in total. The van der Waals surface area contributed by atoms with Gasteiger partial charge in [-0.2, -0.15) is 0 Å². The first-order chi connectivity index (χ1) is 10.6. The Morgan fingerprint density at radius 1 is 1.14 bits per heavy atom. The van der Waals surface area contributed by atoms with Crippen LogP contribution in [0.3, 0.4) is 0 Å². The van der Waals surface area contributed by atoms with Crippen LogP contribution in [0, 0.1) is 10.1 Å². The number of benzene rings is 2. The Labute approximate surface area is 128 Å². The van der Waals surface area contributed by atoms with Crippen molar-refractivity contribution in [1.29, 1.82) is 0 Å². The first-order valence-corrected chi connectivity index (χ1v) is 6.84. The first kappa shape index (κ1) is 15.5. The van der Waals surface area contributed by atoms with Gasteiger partial charge in [0.15, 0.2) is 6.61 Å². The van der Waals surface area contributed by atoms with E-state index in [0.717, 1.165) is 5.69 Å². The molecule has 6 heteroatoms. The van der Waals surface area contributed by atoms with Crippen molar-refractivity contribution in [3.8, 4) is 5.75 Å². The summed E-state index contributed by atoms with van der Waals surface area (Å²) in [6.07, 6.45) is 0. The molecule has 0 atom stereocenters. The summed E-state index contributed by atoms with van der Waals surface area (Å²) in [5.74, 6) is 0.245. The molecule has 0 N–H and O–H groups in total. The maximum atomic E-state index is 12.2. The van der Waals surface area contributed by atoms with Crippen molar-refractivity contribution < 1.29 is 14.5 Å². The lowest BCUT2D eigenvalue weighted by Gasteiger charge is -2.21. The normalized spacial score (nSPS) is 10.0. The highest BCUT2D eigenvalue weighted by Crippen LogP contribution is 2.18.